The Morgan fingerprint density at radius 2 is 1.72 bits per heavy atom. The monoisotopic (exact) mass is 506 g/mol. The van der Waals surface area contributed by atoms with Crippen molar-refractivity contribution < 1.29 is 14.3 Å². The third-order valence-corrected chi connectivity index (χ3v) is 5.83. The number of ketones is 1. The van der Waals surface area contributed by atoms with Crippen molar-refractivity contribution in [1.82, 2.24) is 0 Å². The Labute approximate surface area is 200 Å². The van der Waals surface area contributed by atoms with Crippen LogP contribution in [0.5, 0.6) is 11.5 Å². The van der Waals surface area contributed by atoms with Gasteiger partial charge in [-0.25, -0.2) is 0 Å². The third kappa shape index (κ3) is 5.21. The van der Waals surface area contributed by atoms with E-state index >= 15 is 0 Å². The first-order chi connectivity index (χ1) is 15.5. The maximum Gasteiger partial charge on any atom is 0.185 e. The summed E-state index contributed by atoms with van der Waals surface area (Å²) in [6.45, 7) is 0.283. The first-order valence-electron chi connectivity index (χ1n) is 9.99. The molecule has 0 radical (unpaired) electrons. The second-order valence-corrected chi connectivity index (χ2v) is 8.52. The van der Waals surface area contributed by atoms with Gasteiger partial charge in [0.15, 0.2) is 5.78 Å². The van der Waals surface area contributed by atoms with E-state index in [4.69, 9.17) is 21.1 Å². The minimum atomic E-state index is -0.0500. The predicted octanol–water partition coefficient (Wildman–Crippen LogP) is 7.74. The minimum Gasteiger partial charge on any atom is -0.496 e. The molecule has 160 valence electrons. The molecule has 0 heterocycles. The normalized spacial score (nSPS) is 11.1. The van der Waals surface area contributed by atoms with E-state index in [1.54, 1.807) is 25.3 Å². The lowest BCUT2D eigenvalue weighted by Gasteiger charge is -2.12. The largest absolute Gasteiger partial charge is 0.496 e. The quantitative estimate of drug-likeness (QED) is 0.190. The highest BCUT2D eigenvalue weighted by Crippen LogP contribution is 2.30. The van der Waals surface area contributed by atoms with Gasteiger partial charge in [0, 0.05) is 15.6 Å². The molecule has 5 heteroatoms. The molecule has 32 heavy (non-hydrogen) atoms. The number of rotatable bonds is 7. The molecule has 0 aliphatic carbocycles. The van der Waals surface area contributed by atoms with Crippen LogP contribution in [0.2, 0.25) is 5.02 Å². The molecule has 0 fully saturated rings. The minimum absolute atomic E-state index is 0.0500. The predicted molar refractivity (Wildman–Crippen MR) is 134 cm³/mol. The van der Waals surface area contributed by atoms with E-state index in [0.29, 0.717) is 22.1 Å². The van der Waals surface area contributed by atoms with Crippen LogP contribution >= 0.6 is 27.5 Å². The van der Waals surface area contributed by atoms with Crippen molar-refractivity contribution in [3.05, 3.63) is 111 Å². The number of ether oxygens (including phenoxy) is 2. The van der Waals surface area contributed by atoms with Gasteiger partial charge in [-0.2, -0.15) is 0 Å². The lowest BCUT2D eigenvalue weighted by molar-refractivity contribution is 0.104. The highest BCUT2D eigenvalue weighted by Gasteiger charge is 2.08. The zero-order valence-corrected chi connectivity index (χ0v) is 19.7. The van der Waals surface area contributed by atoms with E-state index in [-0.39, 0.29) is 12.4 Å². The van der Waals surface area contributed by atoms with Crippen LogP contribution in [0.1, 0.15) is 21.5 Å². The van der Waals surface area contributed by atoms with E-state index in [9.17, 15) is 4.79 Å². The van der Waals surface area contributed by atoms with Crippen molar-refractivity contribution in [2.45, 2.75) is 6.61 Å². The second kappa shape index (κ2) is 10.0. The van der Waals surface area contributed by atoms with Crippen LogP contribution in [0.3, 0.4) is 0 Å². The maximum absolute atomic E-state index is 12.7. The van der Waals surface area contributed by atoms with Crippen LogP contribution in [-0.2, 0) is 6.61 Å². The molecular weight excluding hydrogens is 488 g/mol. The summed E-state index contributed by atoms with van der Waals surface area (Å²) in [6, 6.07) is 24.9. The average molecular weight is 508 g/mol. The molecule has 4 aromatic carbocycles. The fourth-order valence-electron chi connectivity index (χ4n) is 3.37. The number of methoxy groups -OCH3 is 1. The van der Waals surface area contributed by atoms with E-state index in [1.165, 1.54) is 0 Å². The number of benzene rings is 4. The molecule has 0 unspecified atom stereocenters. The summed E-state index contributed by atoms with van der Waals surface area (Å²) in [5.74, 6) is 1.24. The molecule has 0 aliphatic heterocycles. The summed E-state index contributed by atoms with van der Waals surface area (Å²) in [6.07, 6.45) is 3.38. The maximum atomic E-state index is 12.7. The van der Waals surface area contributed by atoms with Crippen molar-refractivity contribution in [3.8, 4) is 11.5 Å². The Bertz CT molecular complexity index is 1310. The Morgan fingerprint density at radius 1 is 0.938 bits per heavy atom. The number of fused-ring (bicyclic) bond motifs is 1. The Morgan fingerprint density at radius 3 is 2.50 bits per heavy atom. The number of carbonyl (C=O) groups excluding carboxylic acids is 1. The van der Waals surface area contributed by atoms with Crippen LogP contribution in [0, 0.1) is 0 Å². The molecule has 0 saturated heterocycles. The van der Waals surface area contributed by atoms with Crippen molar-refractivity contribution >= 4 is 50.2 Å². The fraction of sp³-hybridized carbons (Fsp3) is 0.0741. The van der Waals surface area contributed by atoms with Crippen molar-refractivity contribution in [3.63, 3.8) is 0 Å². The lowest BCUT2D eigenvalue weighted by atomic mass is 10.0. The van der Waals surface area contributed by atoms with Gasteiger partial charge in [0.05, 0.1) is 12.1 Å². The molecule has 0 aromatic heterocycles. The molecule has 0 atom stereocenters. The number of hydrogen-bond donors (Lipinski definition) is 0. The van der Waals surface area contributed by atoms with Crippen molar-refractivity contribution in [1.29, 1.82) is 0 Å². The van der Waals surface area contributed by atoms with E-state index < -0.39 is 0 Å². The van der Waals surface area contributed by atoms with Crippen LogP contribution in [0.15, 0.2) is 89.4 Å². The highest BCUT2D eigenvalue weighted by atomic mass is 79.9. The molecular formula is C27H20BrClO3. The molecule has 0 bridgehead atoms. The summed E-state index contributed by atoms with van der Waals surface area (Å²) in [4.78, 5) is 12.7. The van der Waals surface area contributed by atoms with Crippen LogP contribution in [-0.4, -0.2) is 12.9 Å². The third-order valence-electron chi connectivity index (χ3n) is 5.04. The molecule has 3 nitrogen and oxygen atoms in total. The van der Waals surface area contributed by atoms with E-state index in [2.05, 4.69) is 15.9 Å². The zero-order chi connectivity index (χ0) is 22.5. The molecule has 4 rings (SSSR count). The van der Waals surface area contributed by atoms with Crippen molar-refractivity contribution in [2.75, 3.05) is 7.11 Å². The molecule has 0 spiro atoms. The Kier molecular flexibility index (Phi) is 6.93. The van der Waals surface area contributed by atoms with Crippen LogP contribution < -0.4 is 9.47 Å². The van der Waals surface area contributed by atoms with Crippen LogP contribution in [0.4, 0.5) is 0 Å². The Balaban J connectivity index is 1.51. The molecule has 0 aliphatic rings. The molecule has 0 amide bonds. The first-order valence-corrected chi connectivity index (χ1v) is 11.2. The fourth-order valence-corrected chi connectivity index (χ4v) is 4.10. The summed E-state index contributed by atoms with van der Waals surface area (Å²) in [7, 11) is 1.62. The first kappa shape index (κ1) is 22.1. The molecule has 0 saturated carbocycles. The SMILES string of the molecule is COc1ccc(/C=C/C(=O)c2ccc3ccccc3c2)cc1COc1ccc(Br)cc1Cl. The lowest BCUT2D eigenvalue weighted by Crippen LogP contribution is -2.00. The molecule has 4 aromatic rings. The number of hydrogen-bond acceptors (Lipinski definition) is 3. The molecule has 0 N–H and O–H groups in total. The average Bonchev–Trinajstić information content (AvgIpc) is 2.81. The second-order valence-electron chi connectivity index (χ2n) is 7.19. The van der Waals surface area contributed by atoms with Gasteiger partial charge >= 0.3 is 0 Å². The van der Waals surface area contributed by atoms with Gasteiger partial charge in [0.25, 0.3) is 0 Å². The summed E-state index contributed by atoms with van der Waals surface area (Å²) < 4.78 is 12.2. The van der Waals surface area contributed by atoms with Gasteiger partial charge in [-0.3, -0.25) is 4.79 Å². The summed E-state index contributed by atoms with van der Waals surface area (Å²) >= 11 is 9.63. The van der Waals surface area contributed by atoms with Crippen molar-refractivity contribution in [2.24, 2.45) is 0 Å². The summed E-state index contributed by atoms with van der Waals surface area (Å²) in [5, 5.41) is 2.68. The van der Waals surface area contributed by atoms with E-state index in [0.717, 1.165) is 26.4 Å². The van der Waals surface area contributed by atoms with Gasteiger partial charge in [0.1, 0.15) is 18.1 Å². The summed E-state index contributed by atoms with van der Waals surface area (Å²) in [5.41, 5.74) is 2.38. The van der Waals surface area contributed by atoms with Gasteiger partial charge in [-0.05, 0) is 58.8 Å². The van der Waals surface area contributed by atoms with Gasteiger partial charge < -0.3 is 9.47 Å². The number of allylic oxidation sites excluding steroid dienone is 1. The number of carbonyl (C=O) groups is 1. The topological polar surface area (TPSA) is 35.5 Å². The zero-order valence-electron chi connectivity index (χ0n) is 17.3. The van der Waals surface area contributed by atoms with Crippen LogP contribution in [0.25, 0.3) is 16.8 Å². The highest BCUT2D eigenvalue weighted by molar-refractivity contribution is 9.10. The number of halogens is 2. The van der Waals surface area contributed by atoms with Gasteiger partial charge in [-0.1, -0.05) is 76.1 Å². The van der Waals surface area contributed by atoms with Gasteiger partial charge in [0.2, 0.25) is 0 Å². The Hall–Kier alpha value is -3.08. The standard InChI is InChI=1S/C27H20BrClO3/c1-31-26-12-7-18(14-22(26)17-32-27-13-10-23(28)16-24(27)29)6-11-25(30)21-9-8-19-4-2-3-5-20(19)15-21/h2-16H,17H2,1H3/b11-6+. The van der Waals surface area contributed by atoms with Gasteiger partial charge in [-0.15, -0.1) is 0 Å². The van der Waals surface area contributed by atoms with E-state index in [1.807, 2.05) is 72.8 Å². The smallest absolute Gasteiger partial charge is 0.185 e.